The van der Waals surface area contributed by atoms with Crippen molar-refractivity contribution in [2.75, 3.05) is 5.32 Å². The van der Waals surface area contributed by atoms with E-state index >= 15 is 0 Å². The molecule has 1 aliphatic rings. The fraction of sp³-hybridized carbons (Fsp3) is 0.250. The highest BCUT2D eigenvalue weighted by Crippen LogP contribution is 2.40. The number of halogens is 2. The van der Waals surface area contributed by atoms with E-state index in [1.807, 2.05) is 37.4 Å². The van der Waals surface area contributed by atoms with Crippen LogP contribution in [0.5, 0.6) is 0 Å². The highest BCUT2D eigenvalue weighted by atomic mass is 19.3. The lowest BCUT2D eigenvalue weighted by molar-refractivity contribution is 0.141. The SMILES string of the molecule is Cn1c(C2CC2)nc2cc(Nc3nc(C(F)F)nc4ccccc34)ccc21. The van der Waals surface area contributed by atoms with E-state index < -0.39 is 12.2 Å². The molecule has 0 unspecified atom stereocenters. The second-order valence-corrected chi connectivity index (χ2v) is 6.88. The van der Waals surface area contributed by atoms with Gasteiger partial charge in [-0.3, -0.25) is 0 Å². The number of nitrogens with one attached hydrogen (secondary N) is 1. The third kappa shape index (κ3) is 2.79. The highest BCUT2D eigenvalue weighted by molar-refractivity contribution is 5.91. The van der Waals surface area contributed by atoms with Crippen molar-refractivity contribution in [3.05, 3.63) is 54.1 Å². The van der Waals surface area contributed by atoms with Crippen LogP contribution >= 0.6 is 0 Å². The molecule has 1 N–H and O–H groups in total. The molecule has 2 aromatic heterocycles. The zero-order valence-corrected chi connectivity index (χ0v) is 14.7. The van der Waals surface area contributed by atoms with Crippen LogP contribution in [0.15, 0.2) is 42.5 Å². The number of fused-ring (bicyclic) bond motifs is 2. The average molecular weight is 365 g/mol. The summed E-state index contributed by atoms with van der Waals surface area (Å²) in [5.41, 5.74) is 3.19. The van der Waals surface area contributed by atoms with Gasteiger partial charge in [-0.2, -0.15) is 0 Å². The molecule has 5 nitrogen and oxygen atoms in total. The topological polar surface area (TPSA) is 55.6 Å². The van der Waals surface area contributed by atoms with Crippen LogP contribution in [0, 0.1) is 0 Å². The summed E-state index contributed by atoms with van der Waals surface area (Å²) in [7, 11) is 2.03. The number of nitrogens with zero attached hydrogens (tertiary/aromatic N) is 4. The van der Waals surface area contributed by atoms with Gasteiger partial charge >= 0.3 is 0 Å². The quantitative estimate of drug-likeness (QED) is 0.548. The maximum atomic E-state index is 13.2. The van der Waals surface area contributed by atoms with E-state index in [-0.39, 0.29) is 0 Å². The Morgan fingerprint density at radius 3 is 2.63 bits per heavy atom. The normalized spacial score (nSPS) is 14.4. The molecule has 4 aromatic rings. The van der Waals surface area contributed by atoms with Gasteiger partial charge in [-0.05, 0) is 43.2 Å². The lowest BCUT2D eigenvalue weighted by atomic mass is 10.2. The summed E-state index contributed by atoms with van der Waals surface area (Å²) in [6, 6.07) is 13.0. The number of benzene rings is 2. The first-order chi connectivity index (χ1) is 13.1. The minimum Gasteiger partial charge on any atom is -0.340 e. The Labute approximate surface area is 154 Å². The van der Waals surface area contributed by atoms with Gasteiger partial charge in [0, 0.05) is 24.0 Å². The van der Waals surface area contributed by atoms with Crippen molar-refractivity contribution in [1.29, 1.82) is 0 Å². The van der Waals surface area contributed by atoms with Gasteiger partial charge in [0.1, 0.15) is 11.6 Å². The van der Waals surface area contributed by atoms with Crippen molar-refractivity contribution in [3.8, 4) is 0 Å². The summed E-state index contributed by atoms with van der Waals surface area (Å²) in [6.07, 6.45) is -0.355. The molecule has 2 aromatic carbocycles. The molecule has 0 saturated heterocycles. The summed E-state index contributed by atoms with van der Waals surface area (Å²) < 4.78 is 28.5. The summed E-state index contributed by atoms with van der Waals surface area (Å²) in [5, 5.41) is 3.87. The average Bonchev–Trinajstić information content (AvgIpc) is 3.46. The number of alkyl halides is 2. The van der Waals surface area contributed by atoms with E-state index in [1.54, 1.807) is 12.1 Å². The molecule has 0 amide bonds. The van der Waals surface area contributed by atoms with Gasteiger partial charge in [0.2, 0.25) is 0 Å². The molecule has 0 bridgehead atoms. The van der Waals surface area contributed by atoms with E-state index in [2.05, 4.69) is 19.9 Å². The fourth-order valence-corrected chi connectivity index (χ4v) is 3.43. The first kappa shape index (κ1) is 16.1. The zero-order chi connectivity index (χ0) is 18.5. The molecule has 0 spiro atoms. The number of aromatic nitrogens is 4. The van der Waals surface area contributed by atoms with E-state index in [1.165, 1.54) is 12.8 Å². The standard InChI is InChI=1S/C20H17F2N5/c1-27-16-9-8-12(10-15(16)25-20(27)11-6-7-11)23-18-13-4-2-3-5-14(13)24-19(26-18)17(21)22/h2-5,8-11,17H,6-7H2,1H3,(H,23,24,26). The van der Waals surface area contributed by atoms with Gasteiger partial charge in [-0.1, -0.05) is 12.1 Å². The highest BCUT2D eigenvalue weighted by Gasteiger charge is 2.28. The molecule has 0 radical (unpaired) electrons. The number of para-hydroxylation sites is 1. The summed E-state index contributed by atoms with van der Waals surface area (Å²) in [6.45, 7) is 0. The molecule has 0 atom stereocenters. The number of imidazole rings is 1. The molecule has 1 aliphatic carbocycles. The molecule has 7 heteroatoms. The third-order valence-corrected chi connectivity index (χ3v) is 4.94. The molecule has 5 rings (SSSR count). The smallest absolute Gasteiger partial charge is 0.297 e. The molecular formula is C20H17F2N5. The first-order valence-electron chi connectivity index (χ1n) is 8.88. The fourth-order valence-electron chi connectivity index (χ4n) is 3.43. The van der Waals surface area contributed by atoms with Crippen LogP contribution in [-0.4, -0.2) is 19.5 Å². The Balaban J connectivity index is 1.58. The molecule has 0 aliphatic heterocycles. The molecule has 27 heavy (non-hydrogen) atoms. The summed E-state index contributed by atoms with van der Waals surface area (Å²) in [4.78, 5) is 12.7. The van der Waals surface area contributed by atoms with Gasteiger partial charge in [0.25, 0.3) is 6.43 Å². The van der Waals surface area contributed by atoms with E-state index in [9.17, 15) is 8.78 Å². The Kier molecular flexibility index (Phi) is 3.56. The second kappa shape index (κ2) is 5.97. The Morgan fingerprint density at radius 2 is 1.85 bits per heavy atom. The largest absolute Gasteiger partial charge is 0.340 e. The van der Waals surface area contributed by atoms with Crippen molar-refractivity contribution >= 4 is 33.4 Å². The summed E-state index contributed by atoms with van der Waals surface area (Å²) >= 11 is 0. The van der Waals surface area contributed by atoms with Gasteiger partial charge in [-0.25, -0.2) is 23.7 Å². The molecular weight excluding hydrogens is 348 g/mol. The molecule has 1 saturated carbocycles. The Bertz CT molecular complexity index is 1160. The number of hydrogen-bond donors (Lipinski definition) is 1. The van der Waals surface area contributed by atoms with E-state index in [0.717, 1.165) is 22.5 Å². The Hall–Kier alpha value is -3.09. The van der Waals surface area contributed by atoms with Crippen molar-refractivity contribution in [2.45, 2.75) is 25.2 Å². The van der Waals surface area contributed by atoms with Crippen molar-refractivity contribution in [1.82, 2.24) is 19.5 Å². The van der Waals surface area contributed by atoms with E-state index in [4.69, 9.17) is 4.98 Å². The monoisotopic (exact) mass is 365 g/mol. The first-order valence-corrected chi connectivity index (χ1v) is 8.88. The maximum Gasteiger partial charge on any atom is 0.297 e. The van der Waals surface area contributed by atoms with E-state index in [0.29, 0.717) is 22.6 Å². The number of rotatable bonds is 4. The number of hydrogen-bond acceptors (Lipinski definition) is 4. The van der Waals surface area contributed by atoms with Crippen LogP contribution in [0.4, 0.5) is 20.3 Å². The number of aryl methyl sites for hydroxylation is 1. The molecule has 1 fully saturated rings. The zero-order valence-electron chi connectivity index (χ0n) is 14.7. The van der Waals surface area contributed by atoms with Crippen LogP contribution in [0.3, 0.4) is 0 Å². The van der Waals surface area contributed by atoms with Gasteiger partial charge in [-0.15, -0.1) is 0 Å². The predicted octanol–water partition coefficient (Wildman–Crippen LogP) is 5.08. The Morgan fingerprint density at radius 1 is 1.04 bits per heavy atom. The van der Waals surface area contributed by atoms with Crippen LogP contribution in [-0.2, 0) is 7.05 Å². The van der Waals surface area contributed by atoms with Crippen LogP contribution < -0.4 is 5.32 Å². The van der Waals surface area contributed by atoms with Gasteiger partial charge in [0.05, 0.1) is 16.6 Å². The van der Waals surface area contributed by atoms with Crippen molar-refractivity contribution in [3.63, 3.8) is 0 Å². The maximum absolute atomic E-state index is 13.2. The van der Waals surface area contributed by atoms with Crippen molar-refractivity contribution in [2.24, 2.45) is 7.05 Å². The summed E-state index contributed by atoms with van der Waals surface area (Å²) in [5.74, 6) is 1.55. The van der Waals surface area contributed by atoms with Crippen LogP contribution in [0.1, 0.15) is 36.8 Å². The predicted molar refractivity (Wildman–Crippen MR) is 100 cm³/mol. The van der Waals surface area contributed by atoms with Crippen LogP contribution in [0.2, 0.25) is 0 Å². The molecule has 136 valence electrons. The minimum absolute atomic E-state index is 0.369. The lowest BCUT2D eigenvalue weighted by Gasteiger charge is -2.11. The van der Waals surface area contributed by atoms with Crippen LogP contribution in [0.25, 0.3) is 21.9 Å². The van der Waals surface area contributed by atoms with Crippen molar-refractivity contribution < 1.29 is 8.78 Å². The number of anilines is 2. The third-order valence-electron chi connectivity index (χ3n) is 4.94. The lowest BCUT2D eigenvalue weighted by Crippen LogP contribution is -2.02. The molecule has 2 heterocycles. The second-order valence-electron chi connectivity index (χ2n) is 6.88. The van der Waals surface area contributed by atoms with Gasteiger partial charge in [0.15, 0.2) is 5.82 Å². The minimum atomic E-state index is -2.73. The van der Waals surface area contributed by atoms with Gasteiger partial charge < -0.3 is 9.88 Å².